The fourth-order valence-corrected chi connectivity index (χ4v) is 2.31. The molecule has 0 fully saturated rings. The van der Waals surface area contributed by atoms with Gasteiger partial charge in [0.15, 0.2) is 5.76 Å². The van der Waals surface area contributed by atoms with Gasteiger partial charge in [0.2, 0.25) is 5.91 Å². The van der Waals surface area contributed by atoms with Gasteiger partial charge in [-0.05, 0) is 26.2 Å². The number of carbonyl (C=O) groups is 1. The van der Waals surface area contributed by atoms with Crippen molar-refractivity contribution >= 4 is 5.91 Å². The molecule has 20 heavy (non-hydrogen) atoms. The zero-order valence-electron chi connectivity index (χ0n) is 13.0. The van der Waals surface area contributed by atoms with Gasteiger partial charge in [0.05, 0.1) is 17.8 Å². The second-order valence-corrected chi connectivity index (χ2v) is 5.58. The molecule has 1 heterocycles. The molecule has 1 unspecified atom stereocenters. The molecule has 0 bridgehead atoms. The Hall–Kier alpha value is -1.36. The summed E-state index contributed by atoms with van der Waals surface area (Å²) in [6.45, 7) is 8.37. The highest BCUT2D eigenvalue weighted by atomic mass is 16.5. The average molecular weight is 281 g/mol. The maximum atomic E-state index is 12.0. The van der Waals surface area contributed by atoms with Crippen molar-refractivity contribution in [3.8, 4) is 0 Å². The minimum atomic E-state index is -0.826. The summed E-state index contributed by atoms with van der Waals surface area (Å²) >= 11 is 0. The number of nitrogens with zero attached hydrogens (tertiary/aromatic N) is 1. The maximum absolute atomic E-state index is 12.0. The Morgan fingerprint density at radius 2 is 2.10 bits per heavy atom. The molecule has 0 aromatic carbocycles. The number of carbonyl (C=O) groups excluding carboxylic acids is 1. The second-order valence-electron chi connectivity index (χ2n) is 5.58. The van der Waals surface area contributed by atoms with Gasteiger partial charge in [-0.3, -0.25) is 4.79 Å². The molecule has 5 heteroatoms. The van der Waals surface area contributed by atoms with Crippen LogP contribution in [0.3, 0.4) is 0 Å². The van der Waals surface area contributed by atoms with E-state index in [2.05, 4.69) is 24.3 Å². The van der Waals surface area contributed by atoms with E-state index >= 15 is 0 Å². The van der Waals surface area contributed by atoms with E-state index in [0.717, 1.165) is 25.0 Å². The van der Waals surface area contributed by atoms with Crippen molar-refractivity contribution in [1.29, 1.82) is 0 Å². The standard InChI is InChI=1S/C15H27N3O2/c1-5-8-15(4,16)14(19)17-10-12-9-13(18-20-12)11(6-2)7-3/h9,11H,5-8,10,16H2,1-4H3,(H,17,19). The van der Waals surface area contributed by atoms with Gasteiger partial charge < -0.3 is 15.6 Å². The predicted molar refractivity (Wildman–Crippen MR) is 79.2 cm³/mol. The summed E-state index contributed by atoms with van der Waals surface area (Å²) in [5, 5.41) is 6.89. The van der Waals surface area contributed by atoms with Crippen LogP contribution in [0.25, 0.3) is 0 Å². The lowest BCUT2D eigenvalue weighted by Crippen LogP contribution is -2.51. The fraction of sp³-hybridized carbons (Fsp3) is 0.733. The van der Waals surface area contributed by atoms with Gasteiger partial charge in [-0.15, -0.1) is 0 Å². The van der Waals surface area contributed by atoms with E-state index < -0.39 is 5.54 Å². The minimum Gasteiger partial charge on any atom is -0.359 e. The highest BCUT2D eigenvalue weighted by Crippen LogP contribution is 2.22. The topological polar surface area (TPSA) is 81.2 Å². The summed E-state index contributed by atoms with van der Waals surface area (Å²) in [5.74, 6) is 0.940. The van der Waals surface area contributed by atoms with Crippen molar-refractivity contribution in [3.63, 3.8) is 0 Å². The highest BCUT2D eigenvalue weighted by molar-refractivity contribution is 5.85. The monoisotopic (exact) mass is 281 g/mol. The number of aromatic nitrogens is 1. The molecule has 1 aromatic heterocycles. The number of nitrogens with one attached hydrogen (secondary N) is 1. The molecule has 1 amide bonds. The molecular weight excluding hydrogens is 254 g/mol. The van der Waals surface area contributed by atoms with Gasteiger partial charge in [0, 0.05) is 12.0 Å². The molecule has 0 saturated carbocycles. The van der Waals surface area contributed by atoms with E-state index in [9.17, 15) is 4.79 Å². The molecule has 1 aromatic rings. The van der Waals surface area contributed by atoms with Crippen LogP contribution < -0.4 is 11.1 Å². The average Bonchev–Trinajstić information content (AvgIpc) is 2.86. The van der Waals surface area contributed by atoms with Crippen LogP contribution in [0.4, 0.5) is 0 Å². The Morgan fingerprint density at radius 3 is 2.65 bits per heavy atom. The van der Waals surface area contributed by atoms with E-state index in [4.69, 9.17) is 10.3 Å². The third kappa shape index (κ3) is 4.34. The number of rotatable bonds is 8. The van der Waals surface area contributed by atoms with E-state index in [1.807, 2.05) is 13.0 Å². The van der Waals surface area contributed by atoms with Crippen molar-refractivity contribution in [2.45, 2.75) is 71.4 Å². The van der Waals surface area contributed by atoms with Crippen LogP contribution in [0.1, 0.15) is 70.8 Å². The number of hydrogen-bond donors (Lipinski definition) is 2. The van der Waals surface area contributed by atoms with E-state index in [1.165, 1.54) is 0 Å². The molecule has 0 aliphatic heterocycles. The molecule has 5 nitrogen and oxygen atoms in total. The van der Waals surface area contributed by atoms with Crippen molar-refractivity contribution in [2.24, 2.45) is 5.73 Å². The van der Waals surface area contributed by atoms with Gasteiger partial charge >= 0.3 is 0 Å². The van der Waals surface area contributed by atoms with Crippen LogP contribution in [0.5, 0.6) is 0 Å². The van der Waals surface area contributed by atoms with E-state index in [-0.39, 0.29) is 5.91 Å². The third-order valence-electron chi connectivity index (χ3n) is 3.69. The van der Waals surface area contributed by atoms with Crippen molar-refractivity contribution in [2.75, 3.05) is 0 Å². The van der Waals surface area contributed by atoms with Gasteiger partial charge in [-0.1, -0.05) is 32.3 Å². The molecule has 114 valence electrons. The second kappa shape index (κ2) is 7.43. The number of hydrogen-bond acceptors (Lipinski definition) is 4. The quantitative estimate of drug-likeness (QED) is 0.767. The van der Waals surface area contributed by atoms with Gasteiger partial charge in [0.1, 0.15) is 0 Å². The van der Waals surface area contributed by atoms with Crippen molar-refractivity contribution < 1.29 is 9.32 Å². The summed E-state index contributed by atoms with van der Waals surface area (Å²) in [4.78, 5) is 12.0. The molecule has 3 N–H and O–H groups in total. The predicted octanol–water partition coefficient (Wildman–Crippen LogP) is 2.71. The first-order valence-corrected chi connectivity index (χ1v) is 7.47. The highest BCUT2D eigenvalue weighted by Gasteiger charge is 2.27. The lowest BCUT2D eigenvalue weighted by atomic mass is 9.96. The fourth-order valence-electron chi connectivity index (χ4n) is 2.31. The molecule has 0 aliphatic carbocycles. The summed E-state index contributed by atoms with van der Waals surface area (Å²) < 4.78 is 5.27. The van der Waals surface area contributed by atoms with Gasteiger partial charge in [0.25, 0.3) is 0 Å². The number of amides is 1. The lowest BCUT2D eigenvalue weighted by molar-refractivity contribution is -0.126. The van der Waals surface area contributed by atoms with E-state index in [1.54, 1.807) is 6.92 Å². The largest absolute Gasteiger partial charge is 0.359 e. The van der Waals surface area contributed by atoms with Crippen LogP contribution in [-0.4, -0.2) is 16.6 Å². The molecule has 0 radical (unpaired) electrons. The summed E-state index contributed by atoms with van der Waals surface area (Å²) in [5.41, 5.74) is 6.11. The Labute approximate surface area is 121 Å². The Kier molecular flexibility index (Phi) is 6.20. The zero-order chi connectivity index (χ0) is 15.2. The molecular formula is C15H27N3O2. The molecule has 0 aliphatic rings. The molecule has 1 atom stereocenters. The Morgan fingerprint density at radius 1 is 1.45 bits per heavy atom. The van der Waals surface area contributed by atoms with Crippen LogP contribution in [-0.2, 0) is 11.3 Å². The minimum absolute atomic E-state index is 0.153. The molecule has 0 saturated heterocycles. The first-order chi connectivity index (χ1) is 9.44. The zero-order valence-corrected chi connectivity index (χ0v) is 13.0. The summed E-state index contributed by atoms with van der Waals surface area (Å²) in [7, 11) is 0. The first kappa shape index (κ1) is 16.7. The SMILES string of the molecule is CCCC(C)(N)C(=O)NCc1cc(C(CC)CC)no1. The first-order valence-electron chi connectivity index (χ1n) is 7.47. The van der Waals surface area contributed by atoms with Crippen LogP contribution in [0, 0.1) is 0 Å². The third-order valence-corrected chi connectivity index (χ3v) is 3.69. The van der Waals surface area contributed by atoms with Crippen molar-refractivity contribution in [1.82, 2.24) is 10.5 Å². The van der Waals surface area contributed by atoms with Crippen molar-refractivity contribution in [3.05, 3.63) is 17.5 Å². The van der Waals surface area contributed by atoms with Crippen LogP contribution in [0.2, 0.25) is 0 Å². The Bertz CT molecular complexity index is 423. The van der Waals surface area contributed by atoms with Gasteiger partial charge in [-0.2, -0.15) is 0 Å². The van der Waals surface area contributed by atoms with E-state index in [0.29, 0.717) is 24.6 Å². The van der Waals surface area contributed by atoms with Crippen LogP contribution >= 0.6 is 0 Å². The van der Waals surface area contributed by atoms with Gasteiger partial charge in [-0.25, -0.2) is 0 Å². The normalized spacial score (nSPS) is 14.3. The van der Waals surface area contributed by atoms with Crippen LogP contribution in [0.15, 0.2) is 10.6 Å². The smallest absolute Gasteiger partial charge is 0.240 e. The molecule has 1 rings (SSSR count). The summed E-state index contributed by atoms with van der Waals surface area (Å²) in [6.07, 6.45) is 3.61. The maximum Gasteiger partial charge on any atom is 0.240 e. The molecule has 0 spiro atoms. The Balaban J connectivity index is 2.56. The lowest BCUT2D eigenvalue weighted by Gasteiger charge is -2.22. The number of nitrogens with two attached hydrogens (primary N) is 1. The summed E-state index contributed by atoms with van der Waals surface area (Å²) in [6, 6.07) is 1.92.